The molecule has 0 amide bonds. The quantitative estimate of drug-likeness (QED) is 0.524. The molecule has 1 fully saturated rings. The summed E-state index contributed by atoms with van der Waals surface area (Å²) < 4.78 is 5.44. The second kappa shape index (κ2) is 8.12. The van der Waals surface area contributed by atoms with Crippen molar-refractivity contribution in [1.29, 1.82) is 0 Å². The Bertz CT molecular complexity index is 798. The number of aromatic nitrogens is 1. The molecule has 1 aromatic carbocycles. The molecule has 3 atom stereocenters. The molecule has 0 radical (unpaired) electrons. The number of para-hydroxylation sites is 1. The highest BCUT2D eigenvalue weighted by Gasteiger charge is 2.35. The van der Waals surface area contributed by atoms with E-state index in [0.29, 0.717) is 11.6 Å². The van der Waals surface area contributed by atoms with Crippen LogP contribution in [0.4, 0.5) is 0 Å². The van der Waals surface area contributed by atoms with Gasteiger partial charge in [-0.05, 0) is 43.7 Å². The number of methoxy groups -OCH3 is 1. The number of Topliss-reactive ketones (excluding diaryl/α,β-unsaturated/α-hetero) is 1. The third kappa shape index (κ3) is 3.58. The summed E-state index contributed by atoms with van der Waals surface area (Å²) in [5, 5.41) is 0.800. The molecule has 3 rings (SSSR count). The molecule has 1 aliphatic rings. The zero-order chi connectivity index (χ0) is 18.7. The van der Waals surface area contributed by atoms with Crippen molar-refractivity contribution >= 4 is 23.4 Å². The average molecular weight is 372 g/mol. The number of aryl methyl sites for hydroxylation is 1. The van der Waals surface area contributed by atoms with Gasteiger partial charge in [-0.1, -0.05) is 26.0 Å². The number of ether oxygens (including phenoxy) is 1. The first-order chi connectivity index (χ1) is 12.6. The lowest BCUT2D eigenvalue weighted by Gasteiger charge is -2.14. The summed E-state index contributed by atoms with van der Waals surface area (Å²) in [7, 11) is 1.63. The SMILES string of the molecule is CCc1sc(-c2ccccc2OC)nc1C(C=O)C(=O)[C@@H]1CC[C@@H](C)C1. The van der Waals surface area contributed by atoms with Crippen LogP contribution in [0.1, 0.15) is 49.6 Å². The zero-order valence-corrected chi connectivity index (χ0v) is 16.3. The van der Waals surface area contributed by atoms with Crippen molar-refractivity contribution in [2.45, 2.75) is 45.4 Å². The Labute approximate surface area is 158 Å². The second-order valence-electron chi connectivity index (χ2n) is 7.01. The van der Waals surface area contributed by atoms with Gasteiger partial charge >= 0.3 is 0 Å². The predicted molar refractivity (Wildman–Crippen MR) is 104 cm³/mol. The third-order valence-electron chi connectivity index (χ3n) is 5.22. The number of carbonyl (C=O) groups is 2. The zero-order valence-electron chi connectivity index (χ0n) is 15.5. The number of ketones is 1. The standard InChI is InChI=1S/C21H25NO3S/c1-4-18-19(16(12-23)20(24)14-10-9-13(2)11-14)22-21(26-18)15-7-5-6-8-17(15)25-3/h5-8,12-14,16H,4,9-11H2,1-3H3/t13-,14-,16?/m1/s1. The lowest BCUT2D eigenvalue weighted by Crippen LogP contribution is -2.22. The molecular weight excluding hydrogens is 346 g/mol. The number of rotatable bonds is 7. The van der Waals surface area contributed by atoms with Crippen molar-refractivity contribution in [2.75, 3.05) is 7.11 Å². The topological polar surface area (TPSA) is 56.3 Å². The Kier molecular flexibility index (Phi) is 5.87. The molecule has 1 saturated carbocycles. The fraction of sp³-hybridized carbons (Fsp3) is 0.476. The summed E-state index contributed by atoms with van der Waals surface area (Å²) in [5.41, 5.74) is 1.53. The van der Waals surface area contributed by atoms with Gasteiger partial charge in [0.15, 0.2) is 5.78 Å². The molecule has 26 heavy (non-hydrogen) atoms. The highest BCUT2D eigenvalue weighted by atomic mass is 32.1. The second-order valence-corrected chi connectivity index (χ2v) is 8.10. The van der Waals surface area contributed by atoms with Crippen molar-refractivity contribution in [3.8, 4) is 16.3 Å². The molecule has 1 aromatic heterocycles. The first-order valence-electron chi connectivity index (χ1n) is 9.21. The molecule has 0 aliphatic heterocycles. The number of thiazole rings is 1. The summed E-state index contributed by atoms with van der Waals surface area (Å²) in [6.45, 7) is 4.20. The molecule has 2 aromatic rings. The van der Waals surface area contributed by atoms with E-state index in [-0.39, 0.29) is 11.7 Å². The summed E-state index contributed by atoms with van der Waals surface area (Å²) in [4.78, 5) is 30.5. The average Bonchev–Trinajstić information content (AvgIpc) is 3.28. The molecule has 0 N–H and O–H groups in total. The van der Waals surface area contributed by atoms with Gasteiger partial charge in [0.05, 0.1) is 18.4 Å². The number of carbonyl (C=O) groups excluding carboxylic acids is 2. The van der Waals surface area contributed by atoms with E-state index in [1.165, 1.54) is 0 Å². The van der Waals surface area contributed by atoms with Gasteiger partial charge in [-0.25, -0.2) is 4.98 Å². The van der Waals surface area contributed by atoms with Crippen molar-refractivity contribution in [3.63, 3.8) is 0 Å². The van der Waals surface area contributed by atoms with Crippen molar-refractivity contribution in [3.05, 3.63) is 34.8 Å². The normalized spacial score (nSPS) is 20.7. The van der Waals surface area contributed by atoms with E-state index in [1.807, 2.05) is 31.2 Å². The minimum atomic E-state index is -0.750. The van der Waals surface area contributed by atoms with Gasteiger partial charge in [-0.15, -0.1) is 11.3 Å². The molecule has 4 nitrogen and oxygen atoms in total. The largest absolute Gasteiger partial charge is 0.496 e. The van der Waals surface area contributed by atoms with Gasteiger partial charge in [-0.2, -0.15) is 0 Å². The van der Waals surface area contributed by atoms with E-state index in [1.54, 1.807) is 18.4 Å². The Hall–Kier alpha value is -2.01. The Morgan fingerprint density at radius 3 is 2.77 bits per heavy atom. The maximum absolute atomic E-state index is 13.0. The summed E-state index contributed by atoms with van der Waals surface area (Å²) in [6.07, 6.45) is 4.36. The molecule has 1 aliphatic carbocycles. The highest BCUT2D eigenvalue weighted by Crippen LogP contribution is 2.39. The molecule has 1 unspecified atom stereocenters. The third-order valence-corrected chi connectivity index (χ3v) is 6.47. The van der Waals surface area contributed by atoms with E-state index in [9.17, 15) is 9.59 Å². The summed E-state index contributed by atoms with van der Waals surface area (Å²) in [6, 6.07) is 7.70. The molecule has 0 bridgehead atoms. The minimum Gasteiger partial charge on any atom is -0.496 e. The fourth-order valence-electron chi connectivity index (χ4n) is 3.78. The van der Waals surface area contributed by atoms with Gasteiger partial charge in [0.1, 0.15) is 23.0 Å². The lowest BCUT2D eigenvalue weighted by atomic mass is 9.89. The highest BCUT2D eigenvalue weighted by molar-refractivity contribution is 7.15. The van der Waals surface area contributed by atoms with Gasteiger partial charge in [-0.3, -0.25) is 4.79 Å². The molecule has 5 heteroatoms. The van der Waals surface area contributed by atoms with Crippen molar-refractivity contribution in [2.24, 2.45) is 11.8 Å². The van der Waals surface area contributed by atoms with Gasteiger partial charge < -0.3 is 9.53 Å². The first-order valence-corrected chi connectivity index (χ1v) is 10.0. The molecule has 0 spiro atoms. The monoisotopic (exact) mass is 371 g/mol. The number of aldehydes is 1. The molecule has 1 heterocycles. The Morgan fingerprint density at radius 1 is 1.38 bits per heavy atom. The van der Waals surface area contributed by atoms with Crippen LogP contribution in [0, 0.1) is 11.8 Å². The van der Waals surface area contributed by atoms with Gasteiger partial charge in [0.25, 0.3) is 0 Å². The molecule has 0 saturated heterocycles. The van der Waals surface area contributed by atoms with Crippen LogP contribution in [0.15, 0.2) is 24.3 Å². The summed E-state index contributed by atoms with van der Waals surface area (Å²) >= 11 is 1.54. The number of hydrogen-bond acceptors (Lipinski definition) is 5. The van der Waals surface area contributed by atoms with Crippen LogP contribution in [-0.4, -0.2) is 24.2 Å². The number of benzene rings is 1. The van der Waals surface area contributed by atoms with Crippen LogP contribution in [0.25, 0.3) is 10.6 Å². The maximum Gasteiger partial charge on any atom is 0.152 e. The van der Waals surface area contributed by atoms with Crippen molar-refractivity contribution in [1.82, 2.24) is 4.98 Å². The number of hydrogen-bond donors (Lipinski definition) is 0. The van der Waals surface area contributed by atoms with E-state index in [2.05, 4.69) is 6.92 Å². The maximum atomic E-state index is 13.0. The minimum absolute atomic E-state index is 0.0127. The molecular formula is C21H25NO3S. The van der Waals surface area contributed by atoms with E-state index < -0.39 is 5.92 Å². The Morgan fingerprint density at radius 2 is 2.15 bits per heavy atom. The first kappa shape index (κ1) is 18.8. The van der Waals surface area contributed by atoms with E-state index in [4.69, 9.17) is 9.72 Å². The van der Waals surface area contributed by atoms with Gasteiger partial charge in [0, 0.05) is 10.8 Å². The smallest absolute Gasteiger partial charge is 0.152 e. The van der Waals surface area contributed by atoms with Crippen LogP contribution >= 0.6 is 11.3 Å². The van der Waals surface area contributed by atoms with Crippen molar-refractivity contribution < 1.29 is 14.3 Å². The van der Waals surface area contributed by atoms with E-state index >= 15 is 0 Å². The fourth-order valence-corrected chi connectivity index (χ4v) is 4.86. The van der Waals surface area contributed by atoms with Crippen LogP contribution in [0.5, 0.6) is 5.75 Å². The van der Waals surface area contributed by atoms with Crippen LogP contribution in [-0.2, 0) is 16.0 Å². The van der Waals surface area contributed by atoms with Crippen LogP contribution in [0.3, 0.4) is 0 Å². The molecule has 138 valence electrons. The van der Waals surface area contributed by atoms with Crippen LogP contribution < -0.4 is 4.74 Å². The van der Waals surface area contributed by atoms with E-state index in [0.717, 1.165) is 53.2 Å². The predicted octanol–water partition coefficient (Wildman–Crippen LogP) is 4.67. The summed E-state index contributed by atoms with van der Waals surface area (Å²) in [5.74, 6) is 0.577. The number of nitrogens with zero attached hydrogens (tertiary/aromatic N) is 1. The Balaban J connectivity index is 1.97. The van der Waals surface area contributed by atoms with Gasteiger partial charge in [0.2, 0.25) is 0 Å². The van der Waals surface area contributed by atoms with Crippen LogP contribution in [0.2, 0.25) is 0 Å². The lowest BCUT2D eigenvalue weighted by molar-refractivity contribution is -0.127.